The monoisotopic (exact) mass is 416 g/mol. The Hall–Kier alpha value is -2.12. The predicted molar refractivity (Wildman–Crippen MR) is 113 cm³/mol. The van der Waals surface area contributed by atoms with Crippen LogP contribution in [-0.4, -0.2) is 55.0 Å². The maximum atomic E-state index is 13.3. The summed E-state index contributed by atoms with van der Waals surface area (Å²) in [4.78, 5) is 15.3. The van der Waals surface area contributed by atoms with Crippen molar-refractivity contribution in [1.82, 2.24) is 10.1 Å². The second-order valence-electron chi connectivity index (χ2n) is 8.36. The first kappa shape index (κ1) is 21.1. The molecule has 0 unspecified atom stereocenters. The Kier molecular flexibility index (Phi) is 6.58. The van der Waals surface area contributed by atoms with Crippen LogP contribution < -0.4 is 4.74 Å². The number of methoxy groups -OCH3 is 1. The second-order valence-corrected chi connectivity index (χ2v) is 8.36. The number of ether oxygens (including phenoxy) is 3. The number of aryl methyl sites for hydroxylation is 1. The van der Waals surface area contributed by atoms with Crippen molar-refractivity contribution >= 4 is 16.9 Å². The minimum absolute atomic E-state index is 0.0911. The highest BCUT2D eigenvalue weighted by molar-refractivity contribution is 5.87. The number of hydrogen-bond acceptors (Lipinski definition) is 6. The van der Waals surface area contributed by atoms with Crippen LogP contribution in [0.1, 0.15) is 62.7 Å². The van der Waals surface area contributed by atoms with E-state index >= 15 is 0 Å². The summed E-state index contributed by atoms with van der Waals surface area (Å²) in [5.74, 6) is 0.863. The fourth-order valence-electron chi connectivity index (χ4n) is 4.24. The summed E-state index contributed by atoms with van der Waals surface area (Å²) in [6.07, 6.45) is 5.47. The molecule has 2 aliphatic rings. The normalized spacial score (nSPS) is 20.3. The van der Waals surface area contributed by atoms with Crippen LogP contribution >= 0.6 is 0 Å². The van der Waals surface area contributed by atoms with Gasteiger partial charge in [-0.1, -0.05) is 5.16 Å². The van der Waals surface area contributed by atoms with Crippen molar-refractivity contribution in [2.75, 3.05) is 26.9 Å². The second kappa shape index (κ2) is 9.35. The molecular weight excluding hydrogens is 384 g/mol. The number of aromatic nitrogens is 1. The van der Waals surface area contributed by atoms with Gasteiger partial charge >= 0.3 is 0 Å². The van der Waals surface area contributed by atoms with E-state index in [9.17, 15) is 4.79 Å². The van der Waals surface area contributed by atoms with Gasteiger partial charge in [0.2, 0.25) is 0 Å². The van der Waals surface area contributed by atoms with Gasteiger partial charge in [0.05, 0.1) is 23.7 Å². The van der Waals surface area contributed by atoms with Crippen molar-refractivity contribution in [1.29, 1.82) is 0 Å². The molecule has 1 saturated carbocycles. The molecule has 0 spiro atoms. The number of nitrogens with zero attached hydrogens (tertiary/aromatic N) is 2. The van der Waals surface area contributed by atoms with Crippen molar-refractivity contribution in [3.8, 4) is 5.75 Å². The highest BCUT2D eigenvalue weighted by Gasteiger charge is 2.40. The van der Waals surface area contributed by atoms with Gasteiger partial charge in [-0.05, 0) is 63.6 Å². The molecule has 4 rings (SSSR count). The fraction of sp³-hybridized carbons (Fsp3) is 0.652. The summed E-state index contributed by atoms with van der Waals surface area (Å²) in [7, 11) is 1.68. The van der Waals surface area contributed by atoms with Crippen LogP contribution in [0, 0.1) is 6.92 Å². The first-order valence-electron chi connectivity index (χ1n) is 11.1. The minimum Gasteiger partial charge on any atom is -0.493 e. The summed E-state index contributed by atoms with van der Waals surface area (Å²) in [5, 5.41) is 5.01. The van der Waals surface area contributed by atoms with Crippen LogP contribution in [0.25, 0.3) is 11.0 Å². The van der Waals surface area contributed by atoms with Crippen molar-refractivity contribution in [2.24, 2.45) is 0 Å². The quantitative estimate of drug-likeness (QED) is 0.571. The SMILES string of the molecule is COCCCOc1cc([C@H](C)N(C(=O)[C@H]2CCCCO2)C2CC2)cc2onc(C)c12. The molecule has 2 fully saturated rings. The number of carbonyl (C=O) groups is 1. The van der Waals surface area contributed by atoms with Gasteiger partial charge in [-0.15, -0.1) is 0 Å². The van der Waals surface area contributed by atoms with E-state index in [1.54, 1.807) is 7.11 Å². The summed E-state index contributed by atoms with van der Waals surface area (Å²) in [5.41, 5.74) is 2.49. The third-order valence-electron chi connectivity index (χ3n) is 6.03. The molecule has 0 N–H and O–H groups in total. The zero-order valence-electron chi connectivity index (χ0n) is 18.2. The van der Waals surface area contributed by atoms with Crippen molar-refractivity contribution in [3.05, 3.63) is 23.4 Å². The Balaban J connectivity index is 1.60. The summed E-state index contributed by atoms with van der Waals surface area (Å²) in [6, 6.07) is 4.23. The number of carbonyl (C=O) groups excluding carboxylic acids is 1. The van der Waals surface area contributed by atoms with E-state index < -0.39 is 0 Å². The van der Waals surface area contributed by atoms with Crippen LogP contribution in [0.2, 0.25) is 0 Å². The van der Waals surface area contributed by atoms with Crippen molar-refractivity contribution < 1.29 is 23.5 Å². The zero-order valence-corrected chi connectivity index (χ0v) is 18.2. The van der Waals surface area contributed by atoms with Gasteiger partial charge in [0, 0.05) is 32.8 Å². The molecule has 2 aromatic rings. The number of hydrogen-bond donors (Lipinski definition) is 0. The van der Waals surface area contributed by atoms with E-state index in [1.165, 1.54) is 0 Å². The molecule has 164 valence electrons. The summed E-state index contributed by atoms with van der Waals surface area (Å²) < 4.78 is 22.6. The number of rotatable bonds is 9. The van der Waals surface area contributed by atoms with Gasteiger partial charge in [-0.2, -0.15) is 0 Å². The molecular formula is C23H32N2O5. The zero-order chi connectivity index (χ0) is 21.1. The Bertz CT molecular complexity index is 870. The molecule has 30 heavy (non-hydrogen) atoms. The third-order valence-corrected chi connectivity index (χ3v) is 6.03. The molecule has 2 atom stereocenters. The van der Waals surface area contributed by atoms with E-state index in [0.717, 1.165) is 60.9 Å². The molecule has 0 bridgehead atoms. The molecule has 1 aromatic carbocycles. The van der Waals surface area contributed by atoms with Gasteiger partial charge in [-0.3, -0.25) is 4.79 Å². The minimum atomic E-state index is -0.317. The van der Waals surface area contributed by atoms with E-state index in [4.69, 9.17) is 18.7 Å². The first-order chi connectivity index (χ1) is 14.6. The van der Waals surface area contributed by atoms with Crippen LogP contribution in [-0.2, 0) is 14.3 Å². The average molecular weight is 417 g/mol. The van der Waals surface area contributed by atoms with Crippen LogP contribution in [0.4, 0.5) is 0 Å². The predicted octanol–water partition coefficient (Wildman–Crippen LogP) is 4.17. The number of benzene rings is 1. The highest BCUT2D eigenvalue weighted by atomic mass is 16.5. The van der Waals surface area contributed by atoms with Crippen molar-refractivity contribution in [3.63, 3.8) is 0 Å². The average Bonchev–Trinajstić information content (AvgIpc) is 3.53. The first-order valence-corrected chi connectivity index (χ1v) is 11.1. The Morgan fingerprint density at radius 3 is 2.80 bits per heavy atom. The molecule has 1 aliphatic carbocycles. The molecule has 1 aliphatic heterocycles. The van der Waals surface area contributed by atoms with Crippen molar-refractivity contribution in [2.45, 2.75) is 70.6 Å². The summed E-state index contributed by atoms with van der Waals surface area (Å²) in [6.45, 7) is 5.86. The standard InChI is InChI=1S/C23H32N2O5/c1-15-22-20(29-12-6-10-27-3)13-17(14-21(22)30-24-15)16(2)25(18-8-9-18)23(26)19-7-4-5-11-28-19/h13-14,16,18-19H,4-12H2,1-3H3/t16-,19+/m0/s1. The van der Waals surface area contributed by atoms with Crippen LogP contribution in [0.15, 0.2) is 16.7 Å². The number of amides is 1. The Labute approximate surface area is 177 Å². The highest BCUT2D eigenvalue weighted by Crippen LogP contribution is 2.39. The third kappa shape index (κ3) is 4.47. The maximum Gasteiger partial charge on any atom is 0.252 e. The van der Waals surface area contributed by atoms with Gasteiger partial charge in [-0.25, -0.2) is 0 Å². The van der Waals surface area contributed by atoms with Gasteiger partial charge in [0.25, 0.3) is 5.91 Å². The molecule has 7 heteroatoms. The lowest BCUT2D eigenvalue weighted by molar-refractivity contribution is -0.149. The molecule has 7 nitrogen and oxygen atoms in total. The largest absolute Gasteiger partial charge is 0.493 e. The number of fused-ring (bicyclic) bond motifs is 1. The maximum absolute atomic E-state index is 13.3. The topological polar surface area (TPSA) is 74.0 Å². The van der Waals surface area contributed by atoms with Crippen LogP contribution in [0.5, 0.6) is 5.75 Å². The summed E-state index contributed by atoms with van der Waals surface area (Å²) >= 11 is 0. The lowest BCUT2D eigenvalue weighted by Gasteiger charge is -2.34. The lowest BCUT2D eigenvalue weighted by atomic mass is 10.0. The van der Waals surface area contributed by atoms with Crippen LogP contribution in [0.3, 0.4) is 0 Å². The van der Waals surface area contributed by atoms with Gasteiger partial charge in [0.15, 0.2) is 5.58 Å². The van der Waals surface area contributed by atoms with E-state index in [2.05, 4.69) is 12.1 Å². The van der Waals surface area contributed by atoms with Gasteiger partial charge in [0.1, 0.15) is 11.9 Å². The Morgan fingerprint density at radius 2 is 2.10 bits per heavy atom. The molecule has 1 aromatic heterocycles. The smallest absolute Gasteiger partial charge is 0.252 e. The molecule has 2 heterocycles. The van der Waals surface area contributed by atoms with E-state index in [-0.39, 0.29) is 24.1 Å². The Morgan fingerprint density at radius 1 is 1.27 bits per heavy atom. The molecule has 1 amide bonds. The lowest BCUT2D eigenvalue weighted by Crippen LogP contribution is -2.44. The molecule has 0 radical (unpaired) electrons. The van der Waals surface area contributed by atoms with Gasteiger partial charge < -0.3 is 23.6 Å². The van der Waals surface area contributed by atoms with E-state index in [1.807, 2.05) is 24.0 Å². The fourth-order valence-corrected chi connectivity index (χ4v) is 4.24. The molecule has 1 saturated heterocycles. The van der Waals surface area contributed by atoms with E-state index in [0.29, 0.717) is 25.4 Å².